The van der Waals surface area contributed by atoms with Crippen molar-refractivity contribution in [1.29, 1.82) is 0 Å². The van der Waals surface area contributed by atoms with Gasteiger partial charge in [0.05, 0.1) is 0 Å². The highest BCUT2D eigenvalue weighted by atomic mass is 79.9. The SMILES string of the molecule is CN(C)C(=O)Cn1nc2c(F)cc(Br)cn2c1=O. The first-order chi connectivity index (χ1) is 8.40. The quantitative estimate of drug-likeness (QED) is 0.810. The number of rotatable bonds is 2. The molecule has 2 aromatic rings. The summed E-state index contributed by atoms with van der Waals surface area (Å²) in [6, 6.07) is 1.21. The second kappa shape index (κ2) is 4.52. The molecule has 6 nitrogen and oxygen atoms in total. The van der Waals surface area contributed by atoms with Crippen molar-refractivity contribution in [3.05, 3.63) is 33.0 Å². The molecule has 2 heterocycles. The molecule has 0 aliphatic heterocycles. The van der Waals surface area contributed by atoms with E-state index in [-0.39, 0.29) is 18.1 Å². The smallest absolute Gasteiger partial charge is 0.347 e. The minimum absolute atomic E-state index is 0.102. The Hall–Kier alpha value is -1.70. The van der Waals surface area contributed by atoms with E-state index < -0.39 is 11.5 Å². The van der Waals surface area contributed by atoms with Crippen LogP contribution >= 0.6 is 15.9 Å². The molecule has 96 valence electrons. The molecule has 0 aromatic carbocycles. The van der Waals surface area contributed by atoms with Crippen molar-refractivity contribution in [2.45, 2.75) is 6.54 Å². The third-order valence-electron chi connectivity index (χ3n) is 2.38. The molecule has 0 saturated heterocycles. The lowest BCUT2D eigenvalue weighted by Gasteiger charge is -2.08. The van der Waals surface area contributed by atoms with E-state index >= 15 is 0 Å². The minimum atomic E-state index is -0.627. The van der Waals surface area contributed by atoms with Crippen LogP contribution in [0.3, 0.4) is 0 Å². The van der Waals surface area contributed by atoms with Crippen molar-refractivity contribution in [3.63, 3.8) is 0 Å². The fourth-order valence-electron chi connectivity index (χ4n) is 1.42. The van der Waals surface area contributed by atoms with Gasteiger partial charge in [0.1, 0.15) is 6.54 Å². The lowest BCUT2D eigenvalue weighted by atomic mass is 10.4. The van der Waals surface area contributed by atoms with Gasteiger partial charge in [0, 0.05) is 24.8 Å². The van der Waals surface area contributed by atoms with Crippen LogP contribution in [0.5, 0.6) is 0 Å². The predicted octanol–water partition coefficient (Wildman–Crippen LogP) is 0.486. The Labute approximate surface area is 110 Å². The Bertz CT molecular complexity index is 676. The summed E-state index contributed by atoms with van der Waals surface area (Å²) in [6.45, 7) is -0.218. The number of carbonyl (C=O) groups excluding carboxylic acids is 1. The van der Waals surface area contributed by atoms with Gasteiger partial charge in [-0.15, -0.1) is 5.10 Å². The van der Waals surface area contributed by atoms with E-state index in [9.17, 15) is 14.0 Å². The normalized spacial score (nSPS) is 10.9. The Morgan fingerprint density at radius 2 is 2.22 bits per heavy atom. The van der Waals surface area contributed by atoms with E-state index in [1.165, 1.54) is 17.2 Å². The average Bonchev–Trinajstić information content (AvgIpc) is 2.57. The lowest BCUT2D eigenvalue weighted by molar-refractivity contribution is -0.129. The van der Waals surface area contributed by atoms with Gasteiger partial charge in [0.25, 0.3) is 0 Å². The summed E-state index contributed by atoms with van der Waals surface area (Å²) in [7, 11) is 3.14. The summed E-state index contributed by atoms with van der Waals surface area (Å²) in [5, 5.41) is 3.80. The largest absolute Gasteiger partial charge is 0.350 e. The van der Waals surface area contributed by atoms with Crippen molar-refractivity contribution in [1.82, 2.24) is 19.1 Å². The third-order valence-corrected chi connectivity index (χ3v) is 2.82. The molecule has 0 spiro atoms. The highest BCUT2D eigenvalue weighted by Gasteiger charge is 2.14. The molecular formula is C10H10BrFN4O2. The number of likely N-dealkylation sites (N-methyl/N-ethyl adjacent to an activating group) is 1. The predicted molar refractivity (Wildman–Crippen MR) is 65.8 cm³/mol. The number of aromatic nitrogens is 3. The Balaban J connectivity index is 2.55. The molecule has 8 heteroatoms. The van der Waals surface area contributed by atoms with Gasteiger partial charge in [-0.2, -0.15) is 0 Å². The van der Waals surface area contributed by atoms with E-state index in [1.54, 1.807) is 14.1 Å². The molecule has 0 aliphatic rings. The number of fused-ring (bicyclic) bond motifs is 1. The van der Waals surface area contributed by atoms with Gasteiger partial charge in [-0.3, -0.25) is 4.79 Å². The molecule has 2 rings (SSSR count). The van der Waals surface area contributed by atoms with E-state index in [0.717, 1.165) is 9.08 Å². The van der Waals surface area contributed by atoms with Crippen LogP contribution in [0, 0.1) is 5.82 Å². The van der Waals surface area contributed by atoms with E-state index in [1.807, 2.05) is 0 Å². The third kappa shape index (κ3) is 2.15. The topological polar surface area (TPSA) is 59.6 Å². The maximum atomic E-state index is 13.6. The highest BCUT2D eigenvalue weighted by Crippen LogP contribution is 2.13. The van der Waals surface area contributed by atoms with Crippen molar-refractivity contribution in [3.8, 4) is 0 Å². The van der Waals surface area contributed by atoms with Gasteiger partial charge in [0.2, 0.25) is 5.91 Å². The van der Waals surface area contributed by atoms with Gasteiger partial charge in [-0.1, -0.05) is 0 Å². The molecule has 0 saturated carbocycles. The Morgan fingerprint density at radius 1 is 1.56 bits per heavy atom. The monoisotopic (exact) mass is 316 g/mol. The molecule has 0 atom stereocenters. The molecule has 0 bridgehead atoms. The van der Waals surface area contributed by atoms with Crippen LogP contribution in [0.25, 0.3) is 5.65 Å². The van der Waals surface area contributed by atoms with E-state index in [4.69, 9.17) is 0 Å². The average molecular weight is 317 g/mol. The zero-order chi connectivity index (χ0) is 13.4. The van der Waals surface area contributed by atoms with Crippen LogP contribution in [0.15, 0.2) is 21.5 Å². The standard InChI is InChI=1S/C10H10BrFN4O2/c1-14(2)8(17)5-16-10(18)15-4-6(11)3-7(12)9(15)13-16/h3-4H,5H2,1-2H3. The maximum Gasteiger partial charge on any atom is 0.350 e. The van der Waals surface area contributed by atoms with Crippen molar-refractivity contribution in [2.24, 2.45) is 0 Å². The van der Waals surface area contributed by atoms with Crippen LogP contribution in [0.2, 0.25) is 0 Å². The minimum Gasteiger partial charge on any atom is -0.347 e. The Morgan fingerprint density at radius 3 is 2.83 bits per heavy atom. The first kappa shape index (κ1) is 12.7. The van der Waals surface area contributed by atoms with Crippen LogP contribution < -0.4 is 5.69 Å². The molecular weight excluding hydrogens is 307 g/mol. The summed E-state index contributed by atoms with van der Waals surface area (Å²) in [4.78, 5) is 24.7. The molecule has 0 aliphatic carbocycles. The van der Waals surface area contributed by atoms with E-state index in [0.29, 0.717) is 4.47 Å². The molecule has 0 fully saturated rings. The number of nitrogens with zero attached hydrogens (tertiary/aromatic N) is 4. The van der Waals surface area contributed by atoms with Gasteiger partial charge >= 0.3 is 5.69 Å². The lowest BCUT2D eigenvalue weighted by Crippen LogP contribution is -2.31. The molecule has 2 aromatic heterocycles. The second-order valence-electron chi connectivity index (χ2n) is 3.93. The number of amides is 1. The molecule has 0 unspecified atom stereocenters. The van der Waals surface area contributed by atoms with Crippen molar-refractivity contribution >= 4 is 27.5 Å². The molecule has 0 N–H and O–H groups in total. The van der Waals surface area contributed by atoms with Gasteiger partial charge in [-0.05, 0) is 22.0 Å². The van der Waals surface area contributed by atoms with Crippen LogP contribution in [-0.4, -0.2) is 39.1 Å². The van der Waals surface area contributed by atoms with Crippen LogP contribution in [-0.2, 0) is 11.3 Å². The fourth-order valence-corrected chi connectivity index (χ4v) is 1.82. The van der Waals surface area contributed by atoms with Crippen molar-refractivity contribution in [2.75, 3.05) is 14.1 Å². The van der Waals surface area contributed by atoms with Crippen molar-refractivity contribution < 1.29 is 9.18 Å². The van der Waals surface area contributed by atoms with Crippen LogP contribution in [0.4, 0.5) is 4.39 Å². The molecule has 1 amide bonds. The summed E-state index contributed by atoms with van der Waals surface area (Å²) in [5.41, 5.74) is -0.657. The summed E-state index contributed by atoms with van der Waals surface area (Å²) >= 11 is 3.09. The number of carbonyl (C=O) groups is 1. The van der Waals surface area contributed by atoms with Crippen LogP contribution in [0.1, 0.15) is 0 Å². The molecule has 18 heavy (non-hydrogen) atoms. The number of hydrogen-bond acceptors (Lipinski definition) is 3. The fraction of sp³-hybridized carbons (Fsp3) is 0.300. The van der Waals surface area contributed by atoms with Gasteiger partial charge < -0.3 is 4.90 Å². The van der Waals surface area contributed by atoms with E-state index in [2.05, 4.69) is 21.0 Å². The number of halogens is 2. The zero-order valence-corrected chi connectivity index (χ0v) is 11.3. The first-order valence-electron chi connectivity index (χ1n) is 5.04. The zero-order valence-electron chi connectivity index (χ0n) is 9.72. The first-order valence-corrected chi connectivity index (χ1v) is 5.84. The van der Waals surface area contributed by atoms with Gasteiger partial charge in [0.15, 0.2) is 11.5 Å². The summed E-state index contributed by atoms with van der Waals surface area (Å²) in [6.07, 6.45) is 1.41. The second-order valence-corrected chi connectivity index (χ2v) is 4.84. The number of pyridine rings is 1. The van der Waals surface area contributed by atoms with Gasteiger partial charge in [-0.25, -0.2) is 18.3 Å². The maximum absolute atomic E-state index is 13.6. The summed E-state index contributed by atoms with van der Waals surface area (Å²) in [5.74, 6) is -0.919. The molecule has 0 radical (unpaired) electrons. The summed E-state index contributed by atoms with van der Waals surface area (Å²) < 4.78 is 16.0. The highest BCUT2D eigenvalue weighted by molar-refractivity contribution is 9.10. The Kier molecular flexibility index (Phi) is 3.20. The number of hydrogen-bond donors (Lipinski definition) is 0.